The molecule has 3 nitrogen and oxygen atoms in total. The predicted molar refractivity (Wildman–Crippen MR) is 79.4 cm³/mol. The summed E-state index contributed by atoms with van der Waals surface area (Å²) in [6.45, 7) is 4.21. The Labute approximate surface area is 116 Å². The molecular formula is C16H23N3. The maximum absolute atomic E-state index is 9.31. The van der Waals surface area contributed by atoms with E-state index in [1.807, 2.05) is 19.2 Å². The molecule has 1 aromatic rings. The minimum atomic E-state index is 0.565. The largest absolute Gasteiger partial charge is 0.367 e. The van der Waals surface area contributed by atoms with Gasteiger partial charge in [-0.25, -0.2) is 0 Å². The van der Waals surface area contributed by atoms with E-state index < -0.39 is 0 Å². The second kappa shape index (κ2) is 6.58. The smallest absolute Gasteiger partial charge is 0.101 e. The van der Waals surface area contributed by atoms with E-state index in [1.165, 1.54) is 24.8 Å². The molecule has 1 atom stereocenters. The second-order valence-electron chi connectivity index (χ2n) is 5.37. The van der Waals surface area contributed by atoms with Gasteiger partial charge in [0.05, 0.1) is 11.3 Å². The van der Waals surface area contributed by atoms with Crippen molar-refractivity contribution in [3.8, 4) is 6.07 Å². The first-order valence-electron chi connectivity index (χ1n) is 7.18. The van der Waals surface area contributed by atoms with Gasteiger partial charge in [0.2, 0.25) is 0 Å². The summed E-state index contributed by atoms with van der Waals surface area (Å²) in [5.41, 5.74) is 3.16. The van der Waals surface area contributed by atoms with E-state index in [1.54, 1.807) is 0 Å². The Balaban J connectivity index is 2.26. The van der Waals surface area contributed by atoms with Crippen LogP contribution in [-0.2, 0) is 0 Å². The number of piperidine rings is 1. The standard InChI is InChI=1S/C16H23N3/c1-13-6-7-14(12-17)16(11-13)19-10-4-3-5-15(19)8-9-18-2/h6-7,11,15,18H,3-5,8-10H2,1-2H3. The summed E-state index contributed by atoms with van der Waals surface area (Å²) in [7, 11) is 2.00. The normalized spacial score (nSPS) is 19.2. The van der Waals surface area contributed by atoms with E-state index in [0.717, 1.165) is 30.8 Å². The van der Waals surface area contributed by atoms with Crippen LogP contribution in [0.1, 0.15) is 36.8 Å². The van der Waals surface area contributed by atoms with Gasteiger partial charge in [0, 0.05) is 12.6 Å². The molecule has 1 saturated heterocycles. The number of nitrogens with one attached hydrogen (secondary N) is 1. The van der Waals surface area contributed by atoms with Crippen LogP contribution in [0.4, 0.5) is 5.69 Å². The molecule has 1 heterocycles. The van der Waals surface area contributed by atoms with E-state index in [2.05, 4.69) is 29.3 Å². The van der Waals surface area contributed by atoms with Crippen LogP contribution in [0.15, 0.2) is 18.2 Å². The van der Waals surface area contributed by atoms with Gasteiger partial charge in [-0.3, -0.25) is 0 Å². The zero-order valence-corrected chi connectivity index (χ0v) is 11.9. The summed E-state index contributed by atoms with van der Waals surface area (Å²) in [6.07, 6.45) is 4.92. The average Bonchev–Trinajstić information content (AvgIpc) is 2.45. The maximum Gasteiger partial charge on any atom is 0.101 e. The summed E-state index contributed by atoms with van der Waals surface area (Å²) in [5.74, 6) is 0. The number of nitriles is 1. The van der Waals surface area contributed by atoms with Crippen molar-refractivity contribution in [3.05, 3.63) is 29.3 Å². The van der Waals surface area contributed by atoms with Crippen LogP contribution in [-0.4, -0.2) is 26.2 Å². The molecule has 1 aromatic carbocycles. The van der Waals surface area contributed by atoms with Crippen LogP contribution >= 0.6 is 0 Å². The number of anilines is 1. The van der Waals surface area contributed by atoms with Gasteiger partial charge in [-0.1, -0.05) is 6.07 Å². The Morgan fingerprint density at radius 2 is 2.26 bits per heavy atom. The molecule has 0 aromatic heterocycles. The van der Waals surface area contributed by atoms with Crippen molar-refractivity contribution in [2.45, 2.75) is 38.6 Å². The third kappa shape index (κ3) is 3.27. The van der Waals surface area contributed by atoms with E-state index in [0.29, 0.717) is 6.04 Å². The Kier molecular flexibility index (Phi) is 4.81. The van der Waals surface area contributed by atoms with E-state index in [-0.39, 0.29) is 0 Å². The molecule has 3 heteroatoms. The zero-order chi connectivity index (χ0) is 13.7. The molecule has 1 unspecified atom stereocenters. The first-order chi connectivity index (χ1) is 9.26. The van der Waals surface area contributed by atoms with Crippen LogP contribution in [0.3, 0.4) is 0 Å². The molecule has 0 saturated carbocycles. The van der Waals surface area contributed by atoms with E-state index in [4.69, 9.17) is 0 Å². The van der Waals surface area contributed by atoms with Crippen LogP contribution < -0.4 is 10.2 Å². The minimum absolute atomic E-state index is 0.565. The molecule has 0 radical (unpaired) electrons. The molecule has 0 bridgehead atoms. The Bertz CT molecular complexity index is 462. The number of aryl methyl sites for hydroxylation is 1. The Morgan fingerprint density at radius 1 is 1.42 bits per heavy atom. The van der Waals surface area contributed by atoms with Crippen molar-refractivity contribution in [1.82, 2.24) is 5.32 Å². The number of hydrogen-bond acceptors (Lipinski definition) is 3. The first kappa shape index (κ1) is 13.9. The number of nitrogens with zero attached hydrogens (tertiary/aromatic N) is 2. The number of benzene rings is 1. The molecular weight excluding hydrogens is 234 g/mol. The van der Waals surface area contributed by atoms with Gasteiger partial charge in [-0.05, 0) is 63.9 Å². The second-order valence-corrected chi connectivity index (χ2v) is 5.37. The highest BCUT2D eigenvalue weighted by atomic mass is 15.2. The van der Waals surface area contributed by atoms with Crippen LogP contribution in [0.25, 0.3) is 0 Å². The van der Waals surface area contributed by atoms with Gasteiger partial charge in [-0.15, -0.1) is 0 Å². The summed E-state index contributed by atoms with van der Waals surface area (Å²) < 4.78 is 0. The fraction of sp³-hybridized carbons (Fsp3) is 0.562. The summed E-state index contributed by atoms with van der Waals surface area (Å²) in [5, 5.41) is 12.5. The molecule has 1 aliphatic heterocycles. The van der Waals surface area contributed by atoms with Crippen LogP contribution in [0.5, 0.6) is 0 Å². The minimum Gasteiger partial charge on any atom is -0.367 e. The van der Waals surface area contributed by atoms with E-state index in [9.17, 15) is 5.26 Å². The summed E-state index contributed by atoms with van der Waals surface area (Å²) in [6, 6.07) is 9.04. The van der Waals surface area contributed by atoms with Gasteiger partial charge >= 0.3 is 0 Å². The van der Waals surface area contributed by atoms with Gasteiger partial charge < -0.3 is 10.2 Å². The fourth-order valence-corrected chi connectivity index (χ4v) is 2.90. The van der Waals surface area contributed by atoms with Crippen LogP contribution in [0, 0.1) is 18.3 Å². The van der Waals surface area contributed by atoms with Gasteiger partial charge in [-0.2, -0.15) is 5.26 Å². The van der Waals surface area contributed by atoms with Crippen molar-refractivity contribution in [3.63, 3.8) is 0 Å². The highest BCUT2D eigenvalue weighted by Crippen LogP contribution is 2.29. The molecule has 1 fully saturated rings. The molecule has 0 amide bonds. The topological polar surface area (TPSA) is 39.1 Å². The van der Waals surface area contributed by atoms with Crippen molar-refractivity contribution >= 4 is 5.69 Å². The lowest BCUT2D eigenvalue weighted by molar-refractivity contribution is 0.433. The zero-order valence-electron chi connectivity index (χ0n) is 11.9. The molecule has 0 spiro atoms. The number of rotatable bonds is 4. The van der Waals surface area contributed by atoms with Gasteiger partial charge in [0.15, 0.2) is 0 Å². The van der Waals surface area contributed by atoms with Crippen molar-refractivity contribution in [2.75, 3.05) is 25.0 Å². The average molecular weight is 257 g/mol. The lowest BCUT2D eigenvalue weighted by Gasteiger charge is -2.38. The third-order valence-corrected chi connectivity index (χ3v) is 3.94. The Hall–Kier alpha value is -1.53. The molecule has 1 N–H and O–H groups in total. The summed E-state index contributed by atoms with van der Waals surface area (Å²) >= 11 is 0. The highest BCUT2D eigenvalue weighted by Gasteiger charge is 2.24. The lowest BCUT2D eigenvalue weighted by atomic mass is 9.97. The predicted octanol–water partition coefficient (Wildman–Crippen LogP) is 2.84. The monoisotopic (exact) mass is 257 g/mol. The number of hydrogen-bond donors (Lipinski definition) is 1. The van der Waals surface area contributed by atoms with Crippen LogP contribution in [0.2, 0.25) is 0 Å². The van der Waals surface area contributed by atoms with Gasteiger partial charge in [0.1, 0.15) is 6.07 Å². The molecule has 1 aliphatic rings. The quantitative estimate of drug-likeness (QED) is 0.901. The Morgan fingerprint density at radius 3 is 3.00 bits per heavy atom. The molecule has 0 aliphatic carbocycles. The summed E-state index contributed by atoms with van der Waals surface area (Å²) in [4.78, 5) is 2.45. The highest BCUT2D eigenvalue weighted by molar-refractivity contribution is 5.61. The third-order valence-electron chi connectivity index (χ3n) is 3.94. The lowest BCUT2D eigenvalue weighted by Crippen LogP contribution is -2.41. The molecule has 19 heavy (non-hydrogen) atoms. The maximum atomic E-state index is 9.31. The van der Waals surface area contributed by atoms with Crippen molar-refractivity contribution in [2.24, 2.45) is 0 Å². The first-order valence-corrected chi connectivity index (χ1v) is 7.18. The van der Waals surface area contributed by atoms with Gasteiger partial charge in [0.25, 0.3) is 0 Å². The van der Waals surface area contributed by atoms with Crippen molar-refractivity contribution < 1.29 is 0 Å². The molecule has 2 rings (SSSR count). The van der Waals surface area contributed by atoms with E-state index >= 15 is 0 Å². The SMILES string of the molecule is CNCCC1CCCCN1c1cc(C)ccc1C#N. The van der Waals surface area contributed by atoms with Crippen molar-refractivity contribution in [1.29, 1.82) is 5.26 Å². The molecule has 102 valence electrons. The fourth-order valence-electron chi connectivity index (χ4n) is 2.90.